The molecule has 196 valence electrons. The van der Waals surface area contributed by atoms with Crippen molar-refractivity contribution in [2.75, 3.05) is 0 Å². The molecule has 0 spiro atoms. The van der Waals surface area contributed by atoms with Crippen LogP contribution in [-0.2, 0) is 28.1 Å². The number of nitrogens with zero attached hydrogens (tertiary/aromatic N) is 1. The maximum atomic E-state index is 14.4. The van der Waals surface area contributed by atoms with Gasteiger partial charge in [0.2, 0.25) is 9.84 Å². The lowest BCUT2D eigenvalue weighted by atomic mass is 9.86. The normalized spacial score (nSPS) is 13.3. The summed E-state index contributed by atoms with van der Waals surface area (Å²) in [5.74, 6) is 0.680. The summed E-state index contributed by atoms with van der Waals surface area (Å²) in [5, 5.41) is -0.418. The van der Waals surface area contributed by atoms with E-state index >= 15 is 0 Å². The Hall–Kier alpha value is -1.88. The number of pyridine rings is 1. The first-order valence-electron chi connectivity index (χ1n) is 13.5. The molecule has 5 heteroatoms. The van der Waals surface area contributed by atoms with Crippen molar-refractivity contribution in [3.8, 4) is 5.75 Å². The van der Waals surface area contributed by atoms with Gasteiger partial charge in [-0.05, 0) is 67.3 Å². The van der Waals surface area contributed by atoms with Gasteiger partial charge in [0, 0.05) is 11.8 Å². The minimum absolute atomic E-state index is 0.0513. The van der Waals surface area contributed by atoms with Gasteiger partial charge < -0.3 is 4.74 Å². The Morgan fingerprint density at radius 3 is 2.20 bits per heavy atom. The van der Waals surface area contributed by atoms with Crippen LogP contribution in [0.2, 0.25) is 0 Å². The van der Waals surface area contributed by atoms with E-state index in [1.54, 1.807) is 6.20 Å². The Kier molecular flexibility index (Phi) is 10.8. The van der Waals surface area contributed by atoms with E-state index in [1.807, 2.05) is 32.0 Å². The van der Waals surface area contributed by atoms with Gasteiger partial charge in [-0.3, -0.25) is 0 Å². The Morgan fingerprint density at radius 1 is 0.943 bits per heavy atom. The molecule has 1 aromatic carbocycles. The summed E-state index contributed by atoms with van der Waals surface area (Å²) in [6.45, 7) is 16.8. The Labute approximate surface area is 214 Å². The van der Waals surface area contributed by atoms with Crippen LogP contribution in [0.25, 0.3) is 0 Å². The van der Waals surface area contributed by atoms with Gasteiger partial charge in [0.25, 0.3) is 0 Å². The molecule has 0 saturated heterocycles. The zero-order valence-electron chi connectivity index (χ0n) is 23.3. The predicted molar refractivity (Wildman–Crippen MR) is 147 cm³/mol. The van der Waals surface area contributed by atoms with Crippen LogP contribution in [0.3, 0.4) is 0 Å². The summed E-state index contributed by atoms with van der Waals surface area (Å²) in [4.78, 5) is 4.51. The van der Waals surface area contributed by atoms with Crippen molar-refractivity contribution in [2.24, 2.45) is 0 Å². The molecule has 0 aliphatic heterocycles. The zero-order valence-corrected chi connectivity index (χ0v) is 24.1. The van der Waals surface area contributed by atoms with Gasteiger partial charge in [-0.2, -0.15) is 0 Å². The fraction of sp³-hybridized carbons (Fsp3) is 0.633. The summed E-state index contributed by atoms with van der Waals surface area (Å²) >= 11 is 0. The van der Waals surface area contributed by atoms with E-state index in [2.05, 4.69) is 52.6 Å². The van der Waals surface area contributed by atoms with E-state index in [-0.39, 0.29) is 16.5 Å². The molecule has 2 aromatic rings. The van der Waals surface area contributed by atoms with Crippen molar-refractivity contribution in [2.45, 2.75) is 129 Å². The number of benzene rings is 1. The number of aromatic nitrogens is 1. The van der Waals surface area contributed by atoms with Gasteiger partial charge in [0.1, 0.15) is 5.75 Å². The molecule has 0 saturated carbocycles. The van der Waals surface area contributed by atoms with Crippen LogP contribution >= 0.6 is 0 Å². The molecule has 2 rings (SSSR count). The van der Waals surface area contributed by atoms with Crippen LogP contribution in [-0.4, -0.2) is 19.5 Å². The fourth-order valence-corrected chi connectivity index (χ4v) is 6.65. The first-order chi connectivity index (χ1) is 16.5. The first kappa shape index (κ1) is 29.4. The van der Waals surface area contributed by atoms with E-state index in [0.717, 1.165) is 67.2 Å². The van der Waals surface area contributed by atoms with Crippen molar-refractivity contribution in [3.63, 3.8) is 0 Å². The van der Waals surface area contributed by atoms with E-state index in [4.69, 9.17) is 4.74 Å². The third-order valence-electron chi connectivity index (χ3n) is 6.44. The highest BCUT2D eigenvalue weighted by atomic mass is 32.2. The molecule has 35 heavy (non-hydrogen) atoms. The number of unbranched alkanes of at least 4 members (excludes halogenated alkanes) is 2. The summed E-state index contributed by atoms with van der Waals surface area (Å²) in [6.07, 6.45) is 8.51. The third-order valence-corrected chi connectivity index (χ3v) is 8.57. The molecule has 1 atom stereocenters. The summed E-state index contributed by atoms with van der Waals surface area (Å²) < 4.78 is 35.0. The molecule has 0 bridgehead atoms. The smallest absolute Gasteiger partial charge is 0.203 e. The van der Waals surface area contributed by atoms with Crippen LogP contribution in [0, 0.1) is 0 Å². The number of rotatable bonds is 13. The highest BCUT2D eigenvalue weighted by Gasteiger charge is 2.35. The van der Waals surface area contributed by atoms with Gasteiger partial charge in [-0.15, -0.1) is 0 Å². The average Bonchev–Trinajstić information content (AvgIpc) is 2.77. The van der Waals surface area contributed by atoms with Gasteiger partial charge in [0.15, 0.2) is 5.03 Å². The lowest BCUT2D eigenvalue weighted by Gasteiger charge is -2.26. The minimum atomic E-state index is -3.73. The van der Waals surface area contributed by atoms with Crippen LogP contribution in [0.4, 0.5) is 0 Å². The molecule has 1 heterocycles. The van der Waals surface area contributed by atoms with Gasteiger partial charge >= 0.3 is 0 Å². The van der Waals surface area contributed by atoms with Gasteiger partial charge in [0.05, 0.1) is 11.4 Å². The van der Waals surface area contributed by atoms with E-state index in [1.165, 1.54) is 0 Å². The first-order valence-corrected chi connectivity index (χ1v) is 15.0. The number of ether oxygens (including phenoxy) is 1. The van der Waals surface area contributed by atoms with E-state index < -0.39 is 15.1 Å². The van der Waals surface area contributed by atoms with E-state index in [0.29, 0.717) is 12.2 Å². The molecule has 0 amide bonds. The lowest BCUT2D eigenvalue weighted by molar-refractivity contribution is 0.239. The molecule has 0 radical (unpaired) electrons. The molecule has 4 nitrogen and oxygen atoms in total. The molecule has 0 N–H and O–H groups in total. The van der Waals surface area contributed by atoms with Gasteiger partial charge in [-0.1, -0.05) is 85.8 Å². The second-order valence-electron chi connectivity index (χ2n) is 11.0. The fourth-order valence-electron chi connectivity index (χ4n) is 4.59. The standard InChI is InChI=1S/C30H47NO3S/c1-9-12-13-16-28(26-18-17-24(30(6,7)8)21-27(26)34-22(4)5)35(32,33)29-25(15-11-3)23(14-10-2)19-20-31-29/h17-22,28H,9-16H2,1-8H3. The summed E-state index contributed by atoms with van der Waals surface area (Å²) in [7, 11) is -3.73. The second kappa shape index (κ2) is 12.9. The third kappa shape index (κ3) is 7.55. The quantitative estimate of drug-likeness (QED) is 0.260. The monoisotopic (exact) mass is 501 g/mol. The molecule has 0 fully saturated rings. The van der Waals surface area contributed by atoms with Crippen molar-refractivity contribution >= 4 is 9.84 Å². The van der Waals surface area contributed by atoms with Gasteiger partial charge in [-0.25, -0.2) is 13.4 Å². The topological polar surface area (TPSA) is 56.3 Å². The number of aryl methyl sites for hydroxylation is 1. The number of hydrogen-bond donors (Lipinski definition) is 0. The maximum Gasteiger partial charge on any atom is 0.203 e. The predicted octanol–water partition coefficient (Wildman–Crippen LogP) is 8.17. The Morgan fingerprint density at radius 2 is 1.63 bits per heavy atom. The van der Waals surface area contributed by atoms with Crippen molar-refractivity contribution in [3.05, 3.63) is 52.7 Å². The summed E-state index contributed by atoms with van der Waals surface area (Å²) in [6, 6.07) is 8.09. The van der Waals surface area contributed by atoms with Crippen LogP contribution in [0.1, 0.15) is 121 Å². The molecular formula is C30H47NO3S. The minimum Gasteiger partial charge on any atom is -0.491 e. The molecule has 1 unspecified atom stereocenters. The number of sulfone groups is 1. The highest BCUT2D eigenvalue weighted by molar-refractivity contribution is 7.91. The van der Waals surface area contributed by atoms with Crippen LogP contribution in [0.15, 0.2) is 35.5 Å². The van der Waals surface area contributed by atoms with Crippen LogP contribution in [0.5, 0.6) is 5.75 Å². The SMILES string of the molecule is CCCCCC(c1ccc(C(C)(C)C)cc1OC(C)C)S(=O)(=O)c1nccc(CCC)c1CCC. The van der Waals surface area contributed by atoms with Crippen molar-refractivity contribution < 1.29 is 13.2 Å². The zero-order chi connectivity index (χ0) is 26.2. The second-order valence-corrected chi connectivity index (χ2v) is 13.0. The Bertz CT molecular complexity index is 1050. The lowest BCUT2D eigenvalue weighted by Crippen LogP contribution is -2.21. The largest absolute Gasteiger partial charge is 0.491 e. The van der Waals surface area contributed by atoms with Crippen molar-refractivity contribution in [1.29, 1.82) is 0 Å². The maximum absolute atomic E-state index is 14.4. The van der Waals surface area contributed by atoms with E-state index in [9.17, 15) is 8.42 Å². The molecule has 1 aromatic heterocycles. The average molecular weight is 502 g/mol. The molecule has 0 aliphatic carbocycles. The molecular weight excluding hydrogens is 454 g/mol. The van der Waals surface area contributed by atoms with Crippen LogP contribution < -0.4 is 4.74 Å². The van der Waals surface area contributed by atoms with Crippen molar-refractivity contribution in [1.82, 2.24) is 4.98 Å². The number of hydrogen-bond acceptors (Lipinski definition) is 4. The summed E-state index contributed by atoms with van der Waals surface area (Å²) in [5.41, 5.74) is 3.84. The Balaban J connectivity index is 2.74. The molecule has 0 aliphatic rings. The highest BCUT2D eigenvalue weighted by Crippen LogP contribution is 2.41.